The average Bonchev–Trinajstić information content (AvgIpc) is 3.29. The molecule has 0 bridgehead atoms. The van der Waals surface area contributed by atoms with Crippen LogP contribution in [0.3, 0.4) is 0 Å². The van der Waals surface area contributed by atoms with Crippen molar-refractivity contribution >= 4 is 11.6 Å². The zero-order valence-corrected chi connectivity index (χ0v) is 17.3. The minimum absolute atomic E-state index is 0.330. The van der Waals surface area contributed by atoms with E-state index < -0.39 is 0 Å². The molecule has 1 aromatic heterocycles. The Morgan fingerprint density at radius 3 is 2.39 bits per heavy atom. The number of para-hydroxylation sites is 1. The third-order valence-corrected chi connectivity index (χ3v) is 4.84. The Bertz CT molecular complexity index is 1210. The first-order valence-corrected chi connectivity index (χ1v) is 9.85. The maximum Gasteiger partial charge on any atom is 0.275 e. The van der Waals surface area contributed by atoms with Crippen molar-refractivity contribution in [1.82, 2.24) is 15.2 Å². The van der Waals surface area contributed by atoms with Crippen molar-refractivity contribution in [1.29, 1.82) is 0 Å². The van der Waals surface area contributed by atoms with Crippen LogP contribution in [0.15, 0.2) is 96.2 Å². The second-order valence-electron chi connectivity index (χ2n) is 6.91. The van der Waals surface area contributed by atoms with Crippen LogP contribution in [0, 0.1) is 0 Å². The molecule has 0 radical (unpaired) electrons. The van der Waals surface area contributed by atoms with Gasteiger partial charge in [0.2, 0.25) is 0 Å². The van der Waals surface area contributed by atoms with Gasteiger partial charge in [-0.3, -0.25) is 4.79 Å². The predicted octanol–water partition coefficient (Wildman–Crippen LogP) is 4.70. The quantitative estimate of drug-likeness (QED) is 0.370. The van der Waals surface area contributed by atoms with Crippen LogP contribution in [0.25, 0.3) is 16.9 Å². The van der Waals surface area contributed by atoms with Crippen molar-refractivity contribution in [2.45, 2.75) is 6.92 Å². The number of hydrogen-bond acceptors (Lipinski definition) is 4. The van der Waals surface area contributed by atoms with Crippen LogP contribution in [-0.4, -0.2) is 28.5 Å². The fourth-order valence-corrected chi connectivity index (χ4v) is 3.17. The molecule has 0 aliphatic rings. The Kier molecular flexibility index (Phi) is 5.89. The van der Waals surface area contributed by atoms with Gasteiger partial charge in [0.1, 0.15) is 11.4 Å². The van der Waals surface area contributed by atoms with E-state index in [9.17, 15) is 4.79 Å². The molecule has 0 unspecified atom stereocenters. The third kappa shape index (κ3) is 4.53. The van der Waals surface area contributed by atoms with Crippen LogP contribution >= 0.6 is 0 Å². The number of aromatic nitrogens is 2. The molecule has 0 aliphatic heterocycles. The highest BCUT2D eigenvalue weighted by Crippen LogP contribution is 2.23. The maximum atomic E-state index is 13.0. The Hall–Kier alpha value is -4.19. The van der Waals surface area contributed by atoms with E-state index in [1.54, 1.807) is 18.0 Å². The predicted molar refractivity (Wildman–Crippen MR) is 122 cm³/mol. The van der Waals surface area contributed by atoms with Crippen LogP contribution < -0.4 is 10.2 Å². The number of rotatable bonds is 6. The molecular weight excluding hydrogens is 388 g/mol. The van der Waals surface area contributed by atoms with E-state index in [0.717, 1.165) is 22.6 Å². The normalized spacial score (nSPS) is 11.2. The van der Waals surface area contributed by atoms with Gasteiger partial charge in [-0.2, -0.15) is 10.2 Å². The molecule has 0 aliphatic carbocycles. The Morgan fingerprint density at radius 1 is 0.968 bits per heavy atom. The highest BCUT2D eigenvalue weighted by Gasteiger charge is 2.18. The van der Waals surface area contributed by atoms with E-state index in [0.29, 0.717) is 17.0 Å². The standard InChI is InChI=1S/C25H22N4O2/c1-18(20-12-9-15-22(16-20)31-2)26-27-25(30)23-17-29(21-13-7-4-8-14-21)28-24(23)19-10-5-3-6-11-19/h3-17H,1-2H3,(H,27,30)/b26-18-. The number of nitrogens with one attached hydrogen (secondary N) is 1. The molecule has 4 rings (SSSR count). The number of hydrazone groups is 1. The second-order valence-corrected chi connectivity index (χ2v) is 6.91. The molecule has 0 saturated heterocycles. The molecule has 0 atom stereocenters. The summed E-state index contributed by atoms with van der Waals surface area (Å²) in [6.07, 6.45) is 1.73. The molecule has 1 N–H and O–H groups in total. The summed E-state index contributed by atoms with van der Waals surface area (Å²) in [6.45, 7) is 1.83. The van der Waals surface area contributed by atoms with Gasteiger partial charge in [0.15, 0.2) is 0 Å². The number of nitrogens with zero attached hydrogens (tertiary/aromatic N) is 3. The number of hydrogen-bond donors (Lipinski definition) is 1. The number of benzene rings is 3. The lowest BCUT2D eigenvalue weighted by molar-refractivity contribution is 0.0955. The molecule has 0 fully saturated rings. The number of amides is 1. The fraction of sp³-hybridized carbons (Fsp3) is 0.0800. The number of carbonyl (C=O) groups excluding carboxylic acids is 1. The Labute approximate surface area is 180 Å². The van der Waals surface area contributed by atoms with Gasteiger partial charge in [-0.25, -0.2) is 10.1 Å². The lowest BCUT2D eigenvalue weighted by Crippen LogP contribution is -2.19. The molecule has 6 heteroatoms. The molecule has 3 aromatic carbocycles. The molecule has 31 heavy (non-hydrogen) atoms. The first kappa shape index (κ1) is 20.1. The van der Waals surface area contributed by atoms with E-state index in [1.165, 1.54) is 0 Å². The highest BCUT2D eigenvalue weighted by molar-refractivity contribution is 6.03. The summed E-state index contributed by atoms with van der Waals surface area (Å²) in [5, 5.41) is 8.96. The van der Waals surface area contributed by atoms with E-state index in [1.807, 2.05) is 91.9 Å². The second kappa shape index (κ2) is 9.09. The van der Waals surface area contributed by atoms with Gasteiger partial charge in [0.25, 0.3) is 5.91 Å². The monoisotopic (exact) mass is 410 g/mol. The summed E-state index contributed by atoms with van der Waals surface area (Å²) in [4.78, 5) is 13.0. The van der Waals surface area contributed by atoms with Gasteiger partial charge < -0.3 is 4.74 Å². The summed E-state index contributed by atoms with van der Waals surface area (Å²) in [5.74, 6) is 0.400. The van der Waals surface area contributed by atoms with Crippen LogP contribution in [0.1, 0.15) is 22.8 Å². The maximum absolute atomic E-state index is 13.0. The van der Waals surface area contributed by atoms with Crippen LogP contribution in [0.5, 0.6) is 5.75 Å². The number of methoxy groups -OCH3 is 1. The highest BCUT2D eigenvalue weighted by atomic mass is 16.5. The zero-order chi connectivity index (χ0) is 21.6. The van der Waals surface area contributed by atoms with Crippen LogP contribution in [0.4, 0.5) is 0 Å². The van der Waals surface area contributed by atoms with Gasteiger partial charge >= 0.3 is 0 Å². The first-order chi connectivity index (χ1) is 15.2. The van der Waals surface area contributed by atoms with Crippen molar-refractivity contribution in [2.75, 3.05) is 7.11 Å². The van der Waals surface area contributed by atoms with E-state index >= 15 is 0 Å². The van der Waals surface area contributed by atoms with Gasteiger partial charge in [-0.15, -0.1) is 0 Å². The van der Waals surface area contributed by atoms with E-state index in [4.69, 9.17) is 4.74 Å². The summed E-state index contributed by atoms with van der Waals surface area (Å²) < 4.78 is 6.96. The molecule has 0 spiro atoms. The first-order valence-electron chi connectivity index (χ1n) is 9.85. The lowest BCUT2D eigenvalue weighted by Gasteiger charge is -2.05. The van der Waals surface area contributed by atoms with Crippen molar-refractivity contribution < 1.29 is 9.53 Å². The van der Waals surface area contributed by atoms with Crippen LogP contribution in [0.2, 0.25) is 0 Å². The summed E-state index contributed by atoms with van der Waals surface area (Å²) in [6, 6.07) is 26.8. The molecule has 1 amide bonds. The minimum atomic E-state index is -0.330. The molecule has 154 valence electrons. The van der Waals surface area contributed by atoms with Crippen molar-refractivity contribution in [3.63, 3.8) is 0 Å². The molecule has 6 nitrogen and oxygen atoms in total. The largest absolute Gasteiger partial charge is 0.497 e. The summed E-state index contributed by atoms with van der Waals surface area (Å²) in [7, 11) is 1.61. The van der Waals surface area contributed by atoms with Gasteiger partial charge in [0, 0.05) is 17.3 Å². The smallest absolute Gasteiger partial charge is 0.275 e. The molecular formula is C25H22N4O2. The van der Waals surface area contributed by atoms with Crippen molar-refractivity contribution in [3.05, 3.63) is 102 Å². The van der Waals surface area contributed by atoms with Crippen molar-refractivity contribution in [3.8, 4) is 22.7 Å². The number of ether oxygens (including phenoxy) is 1. The summed E-state index contributed by atoms with van der Waals surface area (Å²) >= 11 is 0. The van der Waals surface area contributed by atoms with Crippen molar-refractivity contribution in [2.24, 2.45) is 5.10 Å². The van der Waals surface area contributed by atoms with E-state index in [2.05, 4.69) is 15.6 Å². The van der Waals surface area contributed by atoms with Gasteiger partial charge in [-0.1, -0.05) is 60.7 Å². The lowest BCUT2D eigenvalue weighted by atomic mass is 10.1. The topological polar surface area (TPSA) is 68.5 Å². The van der Waals surface area contributed by atoms with Crippen LogP contribution in [-0.2, 0) is 0 Å². The Morgan fingerprint density at radius 2 is 1.68 bits per heavy atom. The average molecular weight is 410 g/mol. The van der Waals surface area contributed by atoms with Gasteiger partial charge in [-0.05, 0) is 31.2 Å². The number of carbonyl (C=O) groups is 1. The molecule has 0 saturated carbocycles. The third-order valence-electron chi connectivity index (χ3n) is 4.84. The molecule has 4 aromatic rings. The molecule has 1 heterocycles. The minimum Gasteiger partial charge on any atom is -0.497 e. The SMILES string of the molecule is COc1cccc(/C(C)=N\NC(=O)c2cn(-c3ccccc3)nc2-c2ccccc2)c1. The van der Waals surface area contributed by atoms with Gasteiger partial charge in [0.05, 0.1) is 24.1 Å². The summed E-state index contributed by atoms with van der Waals surface area (Å²) in [5.41, 5.74) is 6.96. The Balaban J connectivity index is 1.66. The fourth-order valence-electron chi connectivity index (χ4n) is 3.17. The zero-order valence-electron chi connectivity index (χ0n) is 17.3. The van der Waals surface area contributed by atoms with E-state index in [-0.39, 0.29) is 5.91 Å².